The van der Waals surface area contributed by atoms with E-state index in [0.29, 0.717) is 0 Å². The molecule has 0 amide bonds. The van der Waals surface area contributed by atoms with Crippen molar-refractivity contribution < 1.29 is 10.2 Å². The van der Waals surface area contributed by atoms with Crippen LogP contribution in [0.4, 0.5) is 0 Å². The Labute approximate surface area is 128 Å². The molecule has 0 aromatic heterocycles. The number of fused-ring (bicyclic) bond motifs is 4. The summed E-state index contributed by atoms with van der Waals surface area (Å²) in [5.41, 5.74) is 2.17. The van der Waals surface area contributed by atoms with Crippen molar-refractivity contribution in [2.75, 3.05) is 0 Å². The van der Waals surface area contributed by atoms with Crippen molar-refractivity contribution in [3.63, 3.8) is 0 Å². The first-order chi connectivity index (χ1) is 10.7. The SMILES string of the molecule is Cc1c2ccccc2c(CO)c2ccc3cc(O)ccc3c12. The maximum absolute atomic E-state index is 9.90. The summed E-state index contributed by atoms with van der Waals surface area (Å²) in [6, 6.07) is 17.7. The van der Waals surface area contributed by atoms with Crippen molar-refractivity contribution in [1.29, 1.82) is 0 Å². The van der Waals surface area contributed by atoms with Crippen molar-refractivity contribution in [2.45, 2.75) is 13.5 Å². The number of hydrogen-bond acceptors (Lipinski definition) is 2. The highest BCUT2D eigenvalue weighted by molar-refractivity contribution is 6.16. The van der Waals surface area contributed by atoms with Gasteiger partial charge in [0.05, 0.1) is 6.61 Å². The van der Waals surface area contributed by atoms with Crippen LogP contribution in [-0.2, 0) is 6.61 Å². The molecule has 0 unspecified atom stereocenters. The second kappa shape index (κ2) is 4.72. The summed E-state index contributed by atoms with van der Waals surface area (Å²) in [6.45, 7) is 2.14. The third kappa shape index (κ3) is 1.71. The number of benzene rings is 4. The van der Waals surface area contributed by atoms with Gasteiger partial charge in [-0.1, -0.05) is 42.5 Å². The summed E-state index contributed by atoms with van der Waals surface area (Å²) in [6.07, 6.45) is 0. The molecule has 22 heavy (non-hydrogen) atoms. The van der Waals surface area contributed by atoms with E-state index in [1.807, 2.05) is 30.3 Å². The fourth-order valence-corrected chi connectivity index (χ4v) is 3.50. The number of phenols is 1. The molecular formula is C20H16O2. The molecule has 0 saturated heterocycles. The number of phenolic OH excluding ortho intramolecular Hbond substituents is 1. The Morgan fingerprint density at radius 1 is 0.818 bits per heavy atom. The molecule has 0 aliphatic rings. The highest BCUT2D eigenvalue weighted by Gasteiger charge is 2.13. The average Bonchev–Trinajstić information content (AvgIpc) is 2.55. The van der Waals surface area contributed by atoms with E-state index in [1.54, 1.807) is 12.1 Å². The van der Waals surface area contributed by atoms with Gasteiger partial charge in [0.1, 0.15) is 5.75 Å². The molecule has 0 aliphatic carbocycles. The van der Waals surface area contributed by atoms with E-state index in [4.69, 9.17) is 0 Å². The molecule has 0 fully saturated rings. The van der Waals surface area contributed by atoms with Gasteiger partial charge in [-0.05, 0) is 62.5 Å². The molecule has 0 atom stereocenters. The van der Waals surface area contributed by atoms with Crippen LogP contribution in [-0.4, -0.2) is 10.2 Å². The summed E-state index contributed by atoms with van der Waals surface area (Å²) < 4.78 is 0. The minimum Gasteiger partial charge on any atom is -0.508 e. The lowest BCUT2D eigenvalue weighted by Gasteiger charge is -2.15. The van der Waals surface area contributed by atoms with Crippen LogP contribution in [0.2, 0.25) is 0 Å². The molecule has 0 radical (unpaired) electrons. The number of hydrogen-bond donors (Lipinski definition) is 2. The summed E-state index contributed by atoms with van der Waals surface area (Å²) in [5, 5.41) is 26.2. The van der Waals surface area contributed by atoms with Crippen molar-refractivity contribution in [1.82, 2.24) is 0 Å². The van der Waals surface area contributed by atoms with E-state index in [2.05, 4.69) is 19.1 Å². The van der Waals surface area contributed by atoms with E-state index >= 15 is 0 Å². The number of aliphatic hydroxyl groups excluding tert-OH is 1. The Morgan fingerprint density at radius 2 is 1.55 bits per heavy atom. The quantitative estimate of drug-likeness (QED) is 0.395. The first kappa shape index (κ1) is 13.1. The Hall–Kier alpha value is -2.58. The van der Waals surface area contributed by atoms with Crippen LogP contribution >= 0.6 is 0 Å². The van der Waals surface area contributed by atoms with Gasteiger partial charge in [0, 0.05) is 0 Å². The molecule has 0 heterocycles. The van der Waals surface area contributed by atoms with E-state index < -0.39 is 0 Å². The van der Waals surface area contributed by atoms with Gasteiger partial charge < -0.3 is 10.2 Å². The number of aliphatic hydroxyl groups is 1. The number of aryl methyl sites for hydroxylation is 1. The third-order valence-corrected chi connectivity index (χ3v) is 4.52. The minimum absolute atomic E-state index is 0.0148. The van der Waals surface area contributed by atoms with Gasteiger partial charge >= 0.3 is 0 Å². The summed E-state index contributed by atoms with van der Waals surface area (Å²) >= 11 is 0. The van der Waals surface area contributed by atoms with E-state index in [9.17, 15) is 10.2 Å². The zero-order valence-electron chi connectivity index (χ0n) is 12.3. The van der Waals surface area contributed by atoms with Gasteiger partial charge in [-0.25, -0.2) is 0 Å². The molecule has 0 spiro atoms. The largest absolute Gasteiger partial charge is 0.508 e. The van der Waals surface area contributed by atoms with Crippen LogP contribution < -0.4 is 0 Å². The molecule has 0 bridgehead atoms. The van der Waals surface area contributed by atoms with Gasteiger partial charge in [-0.15, -0.1) is 0 Å². The highest BCUT2D eigenvalue weighted by Crippen LogP contribution is 2.37. The first-order valence-electron chi connectivity index (χ1n) is 7.37. The van der Waals surface area contributed by atoms with Crippen molar-refractivity contribution in [3.05, 3.63) is 65.7 Å². The fourth-order valence-electron chi connectivity index (χ4n) is 3.50. The smallest absolute Gasteiger partial charge is 0.116 e. The molecule has 2 N–H and O–H groups in total. The monoisotopic (exact) mass is 288 g/mol. The van der Waals surface area contributed by atoms with Crippen molar-refractivity contribution in [2.24, 2.45) is 0 Å². The minimum atomic E-state index is 0.0148. The molecule has 4 rings (SSSR count). The van der Waals surface area contributed by atoms with E-state index in [0.717, 1.165) is 32.5 Å². The second-order valence-electron chi connectivity index (χ2n) is 5.70. The van der Waals surface area contributed by atoms with Crippen molar-refractivity contribution in [3.8, 4) is 5.75 Å². The second-order valence-corrected chi connectivity index (χ2v) is 5.70. The molecule has 108 valence electrons. The predicted molar refractivity (Wildman–Crippen MR) is 91.3 cm³/mol. The molecule has 2 nitrogen and oxygen atoms in total. The topological polar surface area (TPSA) is 40.5 Å². The zero-order chi connectivity index (χ0) is 15.3. The van der Waals surface area contributed by atoms with Crippen LogP contribution in [0.1, 0.15) is 11.1 Å². The first-order valence-corrected chi connectivity index (χ1v) is 7.37. The van der Waals surface area contributed by atoms with Gasteiger partial charge in [-0.3, -0.25) is 0 Å². The maximum Gasteiger partial charge on any atom is 0.116 e. The van der Waals surface area contributed by atoms with E-state index in [1.165, 1.54) is 10.9 Å². The van der Waals surface area contributed by atoms with Crippen LogP contribution in [0.15, 0.2) is 54.6 Å². The van der Waals surface area contributed by atoms with Gasteiger partial charge in [-0.2, -0.15) is 0 Å². The Balaban J connectivity index is 2.33. The average molecular weight is 288 g/mol. The third-order valence-electron chi connectivity index (χ3n) is 4.52. The summed E-state index contributed by atoms with van der Waals surface area (Å²) in [4.78, 5) is 0. The normalized spacial score (nSPS) is 11.5. The Bertz CT molecular complexity index is 1030. The Kier molecular flexibility index (Phi) is 2.81. The molecule has 0 saturated carbocycles. The standard InChI is InChI=1S/C20H16O2/c1-12-15-4-2-3-5-17(15)19(11-21)18-8-6-13-10-14(22)7-9-16(13)20(12)18/h2-10,21-22H,11H2,1H3. The predicted octanol–water partition coefficient (Wildman–Crippen LogP) is 4.65. The van der Waals surface area contributed by atoms with Gasteiger partial charge in [0.15, 0.2) is 0 Å². The Morgan fingerprint density at radius 3 is 2.32 bits per heavy atom. The molecule has 4 aromatic rings. The van der Waals surface area contributed by atoms with Gasteiger partial charge in [0.25, 0.3) is 0 Å². The molecule has 2 heteroatoms. The van der Waals surface area contributed by atoms with Crippen LogP contribution in [0.3, 0.4) is 0 Å². The lowest BCUT2D eigenvalue weighted by Crippen LogP contribution is -1.93. The summed E-state index contributed by atoms with van der Waals surface area (Å²) in [5.74, 6) is 0.271. The summed E-state index contributed by atoms with van der Waals surface area (Å²) in [7, 11) is 0. The number of rotatable bonds is 1. The van der Waals surface area contributed by atoms with E-state index in [-0.39, 0.29) is 12.4 Å². The zero-order valence-corrected chi connectivity index (χ0v) is 12.3. The maximum atomic E-state index is 9.90. The molecule has 0 aliphatic heterocycles. The lowest BCUT2D eigenvalue weighted by molar-refractivity contribution is 0.285. The lowest BCUT2D eigenvalue weighted by atomic mass is 9.89. The highest BCUT2D eigenvalue weighted by atomic mass is 16.3. The fraction of sp³-hybridized carbons (Fsp3) is 0.100. The van der Waals surface area contributed by atoms with Crippen LogP contribution in [0.25, 0.3) is 32.3 Å². The molecular weight excluding hydrogens is 272 g/mol. The molecule has 4 aromatic carbocycles. The van der Waals surface area contributed by atoms with Crippen LogP contribution in [0.5, 0.6) is 5.75 Å². The van der Waals surface area contributed by atoms with Crippen LogP contribution in [0, 0.1) is 6.92 Å². The van der Waals surface area contributed by atoms with Gasteiger partial charge in [0.2, 0.25) is 0 Å². The number of aromatic hydroxyl groups is 1. The van der Waals surface area contributed by atoms with Crippen molar-refractivity contribution >= 4 is 32.3 Å².